The van der Waals surface area contributed by atoms with Crippen LogP contribution in [0.3, 0.4) is 0 Å². The van der Waals surface area contributed by atoms with Crippen molar-refractivity contribution < 1.29 is 4.42 Å². The van der Waals surface area contributed by atoms with Gasteiger partial charge in [0.15, 0.2) is 5.58 Å². The first-order chi connectivity index (χ1) is 31.2. The van der Waals surface area contributed by atoms with Crippen LogP contribution in [0.25, 0.3) is 78.4 Å². The molecule has 294 valence electrons. The van der Waals surface area contributed by atoms with Crippen molar-refractivity contribution in [3.63, 3.8) is 0 Å². The fourth-order valence-corrected chi connectivity index (χ4v) is 10.2. The van der Waals surface area contributed by atoms with Gasteiger partial charge in [-0.25, -0.2) is 15.0 Å². The average molecular weight is 805 g/mol. The smallest absolute Gasteiger partial charge is 0.227 e. The summed E-state index contributed by atoms with van der Waals surface area (Å²) >= 11 is 0. The molecule has 0 bridgehead atoms. The van der Waals surface area contributed by atoms with Gasteiger partial charge in [0.25, 0.3) is 0 Å². The highest BCUT2D eigenvalue weighted by Gasteiger charge is 2.51. The molecule has 0 saturated heterocycles. The molecule has 0 radical (unpaired) electrons. The minimum Gasteiger partial charge on any atom is -0.436 e. The second-order valence-corrected chi connectivity index (χ2v) is 16.3. The van der Waals surface area contributed by atoms with Gasteiger partial charge >= 0.3 is 0 Å². The number of oxazole rings is 1. The fraction of sp³-hybridized carbons (Fsp3) is 0.0172. The number of benzene rings is 9. The second-order valence-electron chi connectivity index (χ2n) is 16.3. The highest BCUT2D eigenvalue weighted by molar-refractivity contribution is 5.97. The van der Waals surface area contributed by atoms with E-state index in [1.165, 1.54) is 44.5 Å². The van der Waals surface area contributed by atoms with Crippen LogP contribution in [-0.2, 0) is 5.41 Å². The molecule has 2 heterocycles. The molecule has 63 heavy (non-hydrogen) atoms. The Labute approximate surface area is 364 Å². The lowest BCUT2D eigenvalue weighted by Gasteiger charge is -2.30. The van der Waals surface area contributed by atoms with Crippen molar-refractivity contribution in [1.82, 2.24) is 15.0 Å². The number of anilines is 3. The van der Waals surface area contributed by atoms with Gasteiger partial charge in [-0.05, 0) is 123 Å². The van der Waals surface area contributed by atoms with Gasteiger partial charge in [-0.2, -0.15) is 0 Å². The van der Waals surface area contributed by atoms with E-state index in [0.717, 1.165) is 67.3 Å². The Morgan fingerprint density at radius 1 is 0.333 bits per heavy atom. The Bertz CT molecular complexity index is 3480. The maximum Gasteiger partial charge on any atom is 0.227 e. The summed E-state index contributed by atoms with van der Waals surface area (Å²) in [6.07, 6.45) is 0. The van der Waals surface area contributed by atoms with Gasteiger partial charge in [0.1, 0.15) is 5.52 Å². The fourth-order valence-electron chi connectivity index (χ4n) is 10.2. The molecule has 5 heteroatoms. The molecule has 0 atom stereocenters. The summed E-state index contributed by atoms with van der Waals surface area (Å²) in [5, 5.41) is 0. The predicted octanol–water partition coefficient (Wildman–Crippen LogP) is 14.6. The van der Waals surface area contributed by atoms with Crippen molar-refractivity contribution in [3.05, 3.63) is 241 Å². The molecule has 0 unspecified atom stereocenters. The van der Waals surface area contributed by atoms with Gasteiger partial charge < -0.3 is 9.32 Å². The first-order valence-corrected chi connectivity index (χ1v) is 21.3. The van der Waals surface area contributed by atoms with E-state index in [4.69, 9.17) is 19.4 Å². The summed E-state index contributed by atoms with van der Waals surface area (Å²) in [7, 11) is 0. The lowest BCUT2D eigenvalue weighted by molar-refractivity contribution is 0.620. The molecule has 9 aromatic carbocycles. The summed E-state index contributed by atoms with van der Waals surface area (Å²) in [6.45, 7) is 0. The zero-order valence-corrected chi connectivity index (χ0v) is 34.0. The Balaban J connectivity index is 0.941. The quantitative estimate of drug-likeness (QED) is 0.168. The van der Waals surface area contributed by atoms with Crippen molar-refractivity contribution in [2.45, 2.75) is 5.41 Å². The van der Waals surface area contributed by atoms with Gasteiger partial charge in [0, 0.05) is 33.8 Å². The molecule has 0 aliphatic heterocycles. The molecule has 11 aromatic rings. The van der Waals surface area contributed by atoms with Crippen LogP contribution in [0.15, 0.2) is 223 Å². The van der Waals surface area contributed by atoms with E-state index in [-0.39, 0.29) is 0 Å². The lowest BCUT2D eigenvalue weighted by atomic mass is 9.70. The molecule has 2 aliphatic carbocycles. The molecular formula is C58H36N4O. The van der Waals surface area contributed by atoms with E-state index in [9.17, 15) is 0 Å². The van der Waals surface area contributed by atoms with Crippen LogP contribution in [0.1, 0.15) is 22.3 Å². The van der Waals surface area contributed by atoms with Crippen molar-refractivity contribution >= 4 is 39.2 Å². The predicted molar refractivity (Wildman–Crippen MR) is 254 cm³/mol. The third kappa shape index (κ3) is 5.33. The molecule has 2 aliphatic rings. The molecule has 1 spiro atoms. The average Bonchev–Trinajstić information content (AvgIpc) is 4.02. The van der Waals surface area contributed by atoms with Crippen LogP contribution in [-0.4, -0.2) is 15.0 Å². The number of fused-ring (bicyclic) bond motifs is 12. The third-order valence-electron chi connectivity index (χ3n) is 12.9. The monoisotopic (exact) mass is 804 g/mol. The van der Waals surface area contributed by atoms with E-state index >= 15 is 0 Å². The molecule has 0 N–H and O–H groups in total. The number of nitrogens with zero attached hydrogens (tertiary/aromatic N) is 4. The Kier molecular flexibility index (Phi) is 7.75. The SMILES string of the molecule is c1ccc(N(c2ccc(-c3nc4ccccc4o3)cc2)c2ccc(-c3nc4ccccc4nc3-c3ccc4c(c3)C3(c5ccccc5-c5ccccc53)c3ccccc3-4)cc2)cc1. The maximum atomic E-state index is 6.10. The molecule has 5 nitrogen and oxygen atoms in total. The van der Waals surface area contributed by atoms with Crippen molar-refractivity contribution in [1.29, 1.82) is 0 Å². The zero-order valence-electron chi connectivity index (χ0n) is 34.0. The largest absolute Gasteiger partial charge is 0.436 e. The highest BCUT2D eigenvalue weighted by Crippen LogP contribution is 2.63. The summed E-state index contributed by atoms with van der Waals surface area (Å²) in [4.78, 5) is 17.8. The highest BCUT2D eigenvalue weighted by atomic mass is 16.3. The van der Waals surface area contributed by atoms with Crippen LogP contribution in [0.2, 0.25) is 0 Å². The summed E-state index contributed by atoms with van der Waals surface area (Å²) in [6, 6.07) is 77.3. The molecule has 0 fully saturated rings. The Hall–Kier alpha value is -8.41. The number of hydrogen-bond acceptors (Lipinski definition) is 5. The molecule has 2 aromatic heterocycles. The standard InChI is InChI=1S/C58H36N4O/c1-2-14-40(15-3-1)62(42-33-28-38(29-34-42)57-61-53-24-12-13-25-54(53)63-57)41-31-26-37(27-32-41)55-56(60-52-23-11-10-22-51(52)59-55)39-30-35-46-45-18-6-9-21-49(45)58(50(46)36-39)47-19-7-4-16-43(47)44-17-5-8-20-48(44)58/h1-36H. The van der Waals surface area contributed by atoms with Crippen LogP contribution in [0.5, 0.6) is 0 Å². The normalized spacial score (nSPS) is 12.9. The van der Waals surface area contributed by atoms with Gasteiger partial charge in [0.05, 0.1) is 27.8 Å². The van der Waals surface area contributed by atoms with E-state index < -0.39 is 5.41 Å². The lowest BCUT2D eigenvalue weighted by Crippen LogP contribution is -2.25. The van der Waals surface area contributed by atoms with E-state index in [1.807, 2.05) is 48.5 Å². The third-order valence-corrected chi connectivity index (χ3v) is 12.9. The summed E-state index contributed by atoms with van der Waals surface area (Å²) in [5.41, 5.74) is 20.9. The topological polar surface area (TPSA) is 55.1 Å². The van der Waals surface area contributed by atoms with Crippen LogP contribution < -0.4 is 4.90 Å². The zero-order chi connectivity index (χ0) is 41.5. The Morgan fingerprint density at radius 3 is 1.37 bits per heavy atom. The number of para-hydroxylation sites is 5. The minimum absolute atomic E-state index is 0.455. The van der Waals surface area contributed by atoms with Crippen molar-refractivity contribution in [2.75, 3.05) is 4.90 Å². The van der Waals surface area contributed by atoms with Crippen LogP contribution in [0.4, 0.5) is 17.1 Å². The molecule has 13 rings (SSSR count). The maximum absolute atomic E-state index is 6.10. The molecule has 0 amide bonds. The van der Waals surface area contributed by atoms with E-state index in [1.54, 1.807) is 0 Å². The van der Waals surface area contributed by atoms with Gasteiger partial charge in [0.2, 0.25) is 5.89 Å². The molecular weight excluding hydrogens is 769 g/mol. The summed E-state index contributed by atoms with van der Waals surface area (Å²) in [5.74, 6) is 0.603. The second kappa shape index (κ2) is 13.8. The Morgan fingerprint density at radius 2 is 0.778 bits per heavy atom. The van der Waals surface area contributed by atoms with E-state index in [0.29, 0.717) is 5.89 Å². The van der Waals surface area contributed by atoms with Crippen molar-refractivity contribution in [3.8, 4) is 56.2 Å². The first-order valence-electron chi connectivity index (χ1n) is 21.3. The van der Waals surface area contributed by atoms with Gasteiger partial charge in [-0.1, -0.05) is 140 Å². The van der Waals surface area contributed by atoms with Crippen LogP contribution >= 0.6 is 0 Å². The van der Waals surface area contributed by atoms with Crippen molar-refractivity contribution in [2.24, 2.45) is 0 Å². The number of hydrogen-bond donors (Lipinski definition) is 0. The number of aromatic nitrogens is 3. The minimum atomic E-state index is -0.455. The van der Waals surface area contributed by atoms with Crippen LogP contribution in [0, 0.1) is 0 Å². The van der Waals surface area contributed by atoms with Gasteiger partial charge in [-0.15, -0.1) is 0 Å². The number of rotatable bonds is 6. The first kappa shape index (κ1) is 35.4. The summed E-state index contributed by atoms with van der Waals surface area (Å²) < 4.78 is 6.10. The van der Waals surface area contributed by atoms with E-state index in [2.05, 4.69) is 175 Å². The molecule has 0 saturated carbocycles. The van der Waals surface area contributed by atoms with Gasteiger partial charge in [-0.3, -0.25) is 0 Å².